The molecule has 0 spiro atoms. The maximum Gasteiger partial charge on any atom is 0.259 e. The molecule has 0 aliphatic carbocycles. The smallest absolute Gasteiger partial charge is 0.259 e. The van der Waals surface area contributed by atoms with Crippen LogP contribution in [0.1, 0.15) is 18.1 Å². The van der Waals surface area contributed by atoms with E-state index in [1.54, 1.807) is 12.1 Å². The molecule has 2 aromatic rings. The van der Waals surface area contributed by atoms with E-state index in [4.69, 9.17) is 4.74 Å². The van der Waals surface area contributed by atoms with Crippen LogP contribution in [-0.2, 0) is 4.79 Å². The van der Waals surface area contributed by atoms with Gasteiger partial charge in [-0.25, -0.2) is 5.43 Å². The molecule has 0 aliphatic rings. The van der Waals surface area contributed by atoms with E-state index in [2.05, 4.69) is 15.8 Å². The van der Waals surface area contributed by atoms with E-state index in [1.165, 1.54) is 12.3 Å². The molecule has 6 heteroatoms. The molecule has 6 nitrogen and oxygen atoms in total. The van der Waals surface area contributed by atoms with E-state index in [1.807, 2.05) is 38.1 Å². The Morgan fingerprint density at radius 2 is 2.12 bits per heavy atom. The Morgan fingerprint density at radius 3 is 2.88 bits per heavy atom. The van der Waals surface area contributed by atoms with Crippen molar-refractivity contribution in [2.45, 2.75) is 13.8 Å². The number of nitrogens with one attached hydrogen (secondary N) is 2. The summed E-state index contributed by atoms with van der Waals surface area (Å²) in [4.78, 5) is 11.8. The largest absolute Gasteiger partial charge is 0.504 e. The van der Waals surface area contributed by atoms with E-state index >= 15 is 0 Å². The summed E-state index contributed by atoms with van der Waals surface area (Å²) in [5, 5.41) is 16.6. The van der Waals surface area contributed by atoms with Crippen LogP contribution < -0.4 is 15.5 Å². The van der Waals surface area contributed by atoms with Crippen molar-refractivity contribution in [2.24, 2.45) is 5.10 Å². The van der Waals surface area contributed by atoms with Crippen LogP contribution in [0.15, 0.2) is 47.6 Å². The number of nitrogens with zero attached hydrogens (tertiary/aromatic N) is 1. The highest BCUT2D eigenvalue weighted by atomic mass is 16.5. The third kappa shape index (κ3) is 5.31. The number of rotatable bonds is 7. The van der Waals surface area contributed by atoms with Crippen LogP contribution >= 0.6 is 0 Å². The number of phenolic OH excluding ortho intramolecular Hbond substituents is 1. The van der Waals surface area contributed by atoms with Crippen molar-refractivity contribution in [3.8, 4) is 11.5 Å². The highest BCUT2D eigenvalue weighted by Gasteiger charge is 2.03. The van der Waals surface area contributed by atoms with Crippen LogP contribution in [0.25, 0.3) is 0 Å². The average Bonchev–Trinajstić information content (AvgIpc) is 2.56. The van der Waals surface area contributed by atoms with Gasteiger partial charge in [0.2, 0.25) is 0 Å². The number of phenols is 1. The molecule has 2 aromatic carbocycles. The number of anilines is 1. The van der Waals surface area contributed by atoms with Crippen LogP contribution in [-0.4, -0.2) is 30.4 Å². The fourth-order valence-electron chi connectivity index (χ4n) is 2.04. The lowest BCUT2D eigenvalue weighted by Gasteiger charge is -2.07. The number of aryl methyl sites for hydroxylation is 1. The minimum Gasteiger partial charge on any atom is -0.504 e. The predicted molar refractivity (Wildman–Crippen MR) is 94.7 cm³/mol. The molecule has 0 unspecified atom stereocenters. The summed E-state index contributed by atoms with van der Waals surface area (Å²) in [5.74, 6) is 0.200. The monoisotopic (exact) mass is 327 g/mol. The Labute approximate surface area is 141 Å². The Morgan fingerprint density at radius 1 is 1.29 bits per heavy atom. The summed E-state index contributed by atoms with van der Waals surface area (Å²) in [5.41, 5.74) is 5.16. The molecule has 0 bridgehead atoms. The highest BCUT2D eigenvalue weighted by Crippen LogP contribution is 2.26. The van der Waals surface area contributed by atoms with Gasteiger partial charge in [-0.1, -0.05) is 12.1 Å². The number of carbonyl (C=O) groups excluding carboxylic acids is 1. The first-order valence-corrected chi connectivity index (χ1v) is 7.66. The summed E-state index contributed by atoms with van der Waals surface area (Å²) in [7, 11) is 0. The van der Waals surface area contributed by atoms with Gasteiger partial charge in [-0.05, 0) is 55.3 Å². The van der Waals surface area contributed by atoms with Crippen molar-refractivity contribution < 1.29 is 14.6 Å². The lowest BCUT2D eigenvalue weighted by Crippen LogP contribution is -2.25. The number of amides is 1. The first-order chi connectivity index (χ1) is 11.6. The van der Waals surface area contributed by atoms with Gasteiger partial charge >= 0.3 is 0 Å². The Balaban J connectivity index is 1.85. The molecule has 0 heterocycles. The van der Waals surface area contributed by atoms with Gasteiger partial charge in [-0.15, -0.1) is 0 Å². The molecule has 3 N–H and O–H groups in total. The van der Waals surface area contributed by atoms with Crippen molar-refractivity contribution >= 4 is 17.8 Å². The molecule has 24 heavy (non-hydrogen) atoms. The van der Waals surface area contributed by atoms with Crippen molar-refractivity contribution in [1.29, 1.82) is 0 Å². The van der Waals surface area contributed by atoms with Crippen LogP contribution in [0, 0.1) is 6.92 Å². The summed E-state index contributed by atoms with van der Waals surface area (Å²) < 4.78 is 5.29. The number of hydrogen-bond donors (Lipinski definition) is 3. The lowest BCUT2D eigenvalue weighted by molar-refractivity contribution is -0.119. The molecule has 0 saturated carbocycles. The summed E-state index contributed by atoms with van der Waals surface area (Å²) in [6.07, 6.45) is 1.49. The first-order valence-electron chi connectivity index (χ1n) is 7.66. The minimum absolute atomic E-state index is 0.0698. The van der Waals surface area contributed by atoms with Crippen LogP contribution in [0.2, 0.25) is 0 Å². The first kappa shape index (κ1) is 17.3. The van der Waals surface area contributed by atoms with E-state index in [-0.39, 0.29) is 18.2 Å². The van der Waals surface area contributed by atoms with Gasteiger partial charge in [0.1, 0.15) is 0 Å². The number of benzene rings is 2. The van der Waals surface area contributed by atoms with Crippen LogP contribution in [0.5, 0.6) is 11.5 Å². The van der Waals surface area contributed by atoms with Gasteiger partial charge < -0.3 is 15.2 Å². The van der Waals surface area contributed by atoms with E-state index in [0.717, 1.165) is 11.3 Å². The van der Waals surface area contributed by atoms with Crippen LogP contribution in [0.4, 0.5) is 5.69 Å². The molecule has 0 atom stereocenters. The molecule has 0 aliphatic heterocycles. The van der Waals surface area contributed by atoms with Crippen molar-refractivity contribution in [2.75, 3.05) is 18.5 Å². The van der Waals surface area contributed by atoms with E-state index in [0.29, 0.717) is 17.9 Å². The predicted octanol–water partition coefficient (Wildman–Crippen LogP) is 2.66. The zero-order valence-electron chi connectivity index (χ0n) is 13.7. The second kappa shape index (κ2) is 8.57. The van der Waals surface area contributed by atoms with Gasteiger partial charge in [-0.3, -0.25) is 4.79 Å². The van der Waals surface area contributed by atoms with Gasteiger partial charge in [0.05, 0.1) is 19.4 Å². The second-order valence-electron chi connectivity index (χ2n) is 5.18. The fourth-order valence-corrected chi connectivity index (χ4v) is 2.04. The summed E-state index contributed by atoms with van der Waals surface area (Å²) in [6, 6.07) is 12.6. The molecule has 126 valence electrons. The number of carbonyl (C=O) groups is 1. The fraction of sp³-hybridized carbons (Fsp3) is 0.222. The molecule has 0 saturated heterocycles. The molecule has 0 fully saturated rings. The minimum atomic E-state index is -0.253. The maximum atomic E-state index is 11.8. The molecular weight excluding hydrogens is 306 g/mol. The Bertz CT molecular complexity index is 729. The summed E-state index contributed by atoms with van der Waals surface area (Å²) in [6.45, 7) is 4.40. The van der Waals surface area contributed by atoms with E-state index in [9.17, 15) is 9.90 Å². The van der Waals surface area contributed by atoms with Gasteiger partial charge in [0, 0.05) is 5.69 Å². The molecule has 0 radical (unpaired) electrons. The van der Waals surface area contributed by atoms with Gasteiger partial charge in [0.25, 0.3) is 5.91 Å². The molecule has 1 amide bonds. The standard InChI is InChI=1S/C18H21N3O3/c1-3-24-17-10-14(7-8-16(17)22)11-20-21-18(23)12-19-15-6-4-5-13(2)9-15/h4-11,19,22H,3,12H2,1-2H3,(H,21,23)/b20-11-. The van der Waals surface area contributed by atoms with Gasteiger partial charge in [-0.2, -0.15) is 5.10 Å². The number of hydrazone groups is 1. The number of aromatic hydroxyl groups is 1. The van der Waals surface area contributed by atoms with Gasteiger partial charge in [0.15, 0.2) is 11.5 Å². The maximum absolute atomic E-state index is 11.8. The third-order valence-electron chi connectivity index (χ3n) is 3.16. The zero-order valence-corrected chi connectivity index (χ0v) is 13.7. The highest BCUT2D eigenvalue weighted by molar-refractivity contribution is 5.84. The lowest BCUT2D eigenvalue weighted by atomic mass is 10.2. The topological polar surface area (TPSA) is 83.0 Å². The average molecular weight is 327 g/mol. The summed E-state index contributed by atoms with van der Waals surface area (Å²) >= 11 is 0. The normalized spacial score (nSPS) is 10.6. The van der Waals surface area contributed by atoms with Crippen molar-refractivity contribution in [3.05, 3.63) is 53.6 Å². The third-order valence-corrected chi connectivity index (χ3v) is 3.16. The van der Waals surface area contributed by atoms with E-state index < -0.39 is 0 Å². The SMILES string of the molecule is CCOc1cc(/C=N\NC(=O)CNc2cccc(C)c2)ccc1O. The number of ether oxygens (including phenoxy) is 1. The van der Waals surface area contributed by atoms with Crippen molar-refractivity contribution in [3.63, 3.8) is 0 Å². The van der Waals surface area contributed by atoms with Crippen LogP contribution in [0.3, 0.4) is 0 Å². The Kier molecular flexibility index (Phi) is 6.19. The second-order valence-corrected chi connectivity index (χ2v) is 5.18. The number of hydrogen-bond acceptors (Lipinski definition) is 5. The quantitative estimate of drug-likeness (QED) is 0.539. The Hall–Kier alpha value is -3.02. The molecular formula is C18H21N3O3. The molecule has 2 rings (SSSR count). The van der Waals surface area contributed by atoms with Crippen molar-refractivity contribution in [1.82, 2.24) is 5.43 Å². The molecule has 0 aromatic heterocycles. The zero-order chi connectivity index (χ0) is 17.4.